The van der Waals surface area contributed by atoms with Crippen molar-refractivity contribution in [2.75, 3.05) is 6.54 Å². The van der Waals surface area contributed by atoms with Gasteiger partial charge in [-0.1, -0.05) is 25.1 Å². The molecule has 2 rings (SSSR count). The monoisotopic (exact) mass is 284 g/mol. The van der Waals surface area contributed by atoms with Crippen LogP contribution in [0, 0.1) is 0 Å². The van der Waals surface area contributed by atoms with Gasteiger partial charge >= 0.3 is 5.97 Å². The maximum Gasteiger partial charge on any atom is 0.335 e. The summed E-state index contributed by atoms with van der Waals surface area (Å²) in [6.07, 6.45) is 3.64. The van der Waals surface area contributed by atoms with E-state index in [4.69, 9.17) is 5.11 Å². The molecule has 0 spiro atoms. The minimum atomic E-state index is -0.889. The maximum atomic E-state index is 11.0. The zero-order valence-electron chi connectivity index (χ0n) is 12.4. The molecule has 110 valence electrons. The van der Waals surface area contributed by atoms with Crippen molar-refractivity contribution >= 4 is 5.97 Å². The molecular formula is C17H20N2O2. The third-order valence-corrected chi connectivity index (χ3v) is 3.68. The Labute approximate surface area is 125 Å². The molecule has 0 aliphatic carbocycles. The Bertz CT molecular complexity index is 599. The largest absolute Gasteiger partial charge is 0.478 e. The van der Waals surface area contributed by atoms with Gasteiger partial charge in [0.25, 0.3) is 0 Å². The van der Waals surface area contributed by atoms with Crippen molar-refractivity contribution in [1.29, 1.82) is 0 Å². The van der Waals surface area contributed by atoms with Crippen molar-refractivity contribution in [1.82, 2.24) is 9.88 Å². The van der Waals surface area contributed by atoms with Crippen LogP contribution in [0.15, 0.2) is 48.8 Å². The van der Waals surface area contributed by atoms with E-state index in [2.05, 4.69) is 29.8 Å². The quantitative estimate of drug-likeness (QED) is 0.883. The van der Waals surface area contributed by atoms with E-state index in [0.717, 1.165) is 17.7 Å². The van der Waals surface area contributed by atoms with E-state index in [1.54, 1.807) is 24.4 Å². The lowest BCUT2D eigenvalue weighted by molar-refractivity contribution is 0.0696. The van der Waals surface area contributed by atoms with Crippen LogP contribution in [0.25, 0.3) is 0 Å². The first-order valence-corrected chi connectivity index (χ1v) is 7.08. The lowest BCUT2D eigenvalue weighted by Crippen LogP contribution is -2.26. The number of hydrogen-bond donors (Lipinski definition) is 1. The van der Waals surface area contributed by atoms with Gasteiger partial charge in [0.2, 0.25) is 0 Å². The van der Waals surface area contributed by atoms with Gasteiger partial charge in [-0.2, -0.15) is 0 Å². The van der Waals surface area contributed by atoms with Gasteiger partial charge in [-0.25, -0.2) is 4.79 Å². The summed E-state index contributed by atoms with van der Waals surface area (Å²) in [5.74, 6) is -0.889. The highest BCUT2D eigenvalue weighted by atomic mass is 16.4. The molecule has 1 aromatic carbocycles. The molecule has 0 radical (unpaired) electrons. The second kappa shape index (κ2) is 6.99. The third-order valence-electron chi connectivity index (χ3n) is 3.68. The van der Waals surface area contributed by atoms with E-state index in [9.17, 15) is 4.79 Å². The predicted octanol–water partition coefficient (Wildman–Crippen LogP) is 3.36. The summed E-state index contributed by atoms with van der Waals surface area (Å²) < 4.78 is 0. The Morgan fingerprint density at radius 3 is 2.76 bits per heavy atom. The number of carbonyl (C=O) groups is 1. The highest BCUT2D eigenvalue weighted by molar-refractivity contribution is 5.87. The van der Waals surface area contributed by atoms with E-state index in [1.807, 2.05) is 18.3 Å². The van der Waals surface area contributed by atoms with Crippen LogP contribution in [0.5, 0.6) is 0 Å². The number of aromatic carboxylic acids is 1. The zero-order valence-corrected chi connectivity index (χ0v) is 12.4. The Balaban J connectivity index is 2.15. The molecule has 0 fully saturated rings. The Kier molecular flexibility index (Phi) is 5.06. The van der Waals surface area contributed by atoms with Gasteiger partial charge < -0.3 is 5.11 Å². The van der Waals surface area contributed by atoms with Crippen LogP contribution in [-0.4, -0.2) is 27.5 Å². The molecule has 1 aromatic heterocycles. The standard InChI is InChI=1S/C17H20N2O2/c1-3-19(13(2)16-8-5-9-18-11-16)12-14-6-4-7-15(10-14)17(20)21/h4-11,13H,3,12H2,1-2H3,(H,20,21). The lowest BCUT2D eigenvalue weighted by atomic mass is 10.1. The van der Waals surface area contributed by atoms with Gasteiger partial charge in [0.1, 0.15) is 0 Å². The molecule has 1 N–H and O–H groups in total. The van der Waals surface area contributed by atoms with Crippen molar-refractivity contribution < 1.29 is 9.90 Å². The molecule has 21 heavy (non-hydrogen) atoms. The highest BCUT2D eigenvalue weighted by Gasteiger charge is 2.15. The summed E-state index contributed by atoms with van der Waals surface area (Å²) in [5.41, 5.74) is 2.50. The van der Waals surface area contributed by atoms with Crippen molar-refractivity contribution in [3.05, 3.63) is 65.5 Å². The van der Waals surface area contributed by atoms with Gasteiger partial charge in [-0.15, -0.1) is 0 Å². The number of rotatable bonds is 6. The normalized spacial score (nSPS) is 12.3. The van der Waals surface area contributed by atoms with E-state index in [-0.39, 0.29) is 6.04 Å². The summed E-state index contributed by atoms with van der Waals surface area (Å²) in [6, 6.07) is 11.3. The zero-order chi connectivity index (χ0) is 15.2. The first-order chi connectivity index (χ1) is 10.1. The van der Waals surface area contributed by atoms with Crippen LogP contribution in [0.2, 0.25) is 0 Å². The molecule has 1 heterocycles. The molecule has 4 heteroatoms. The number of pyridine rings is 1. The molecule has 0 saturated carbocycles. The fourth-order valence-corrected chi connectivity index (χ4v) is 2.39. The van der Waals surface area contributed by atoms with Crippen LogP contribution in [-0.2, 0) is 6.54 Å². The first kappa shape index (κ1) is 15.2. The number of hydrogen-bond acceptors (Lipinski definition) is 3. The number of benzene rings is 1. The molecule has 4 nitrogen and oxygen atoms in total. The molecule has 0 bridgehead atoms. The Hall–Kier alpha value is -2.20. The number of carboxylic acids is 1. The van der Waals surface area contributed by atoms with Gasteiger partial charge in [-0.3, -0.25) is 9.88 Å². The Morgan fingerprint density at radius 1 is 1.33 bits per heavy atom. The van der Waals surface area contributed by atoms with Crippen LogP contribution in [0.4, 0.5) is 0 Å². The van der Waals surface area contributed by atoms with Crippen molar-refractivity contribution in [2.24, 2.45) is 0 Å². The topological polar surface area (TPSA) is 53.4 Å². The lowest BCUT2D eigenvalue weighted by Gasteiger charge is -2.28. The first-order valence-electron chi connectivity index (χ1n) is 7.08. The predicted molar refractivity (Wildman–Crippen MR) is 82.1 cm³/mol. The maximum absolute atomic E-state index is 11.0. The number of carboxylic acid groups (broad SMARTS) is 1. The fourth-order valence-electron chi connectivity index (χ4n) is 2.39. The highest BCUT2D eigenvalue weighted by Crippen LogP contribution is 2.21. The average Bonchev–Trinajstić information content (AvgIpc) is 2.53. The van der Waals surface area contributed by atoms with Gasteiger partial charge in [0.05, 0.1) is 5.56 Å². The molecule has 1 unspecified atom stereocenters. The van der Waals surface area contributed by atoms with Crippen LogP contribution in [0.3, 0.4) is 0 Å². The van der Waals surface area contributed by atoms with E-state index in [1.165, 1.54) is 0 Å². The molecule has 0 aliphatic rings. The number of aromatic nitrogens is 1. The minimum absolute atomic E-state index is 0.234. The van der Waals surface area contributed by atoms with Crippen LogP contribution >= 0.6 is 0 Å². The van der Waals surface area contributed by atoms with Gasteiger partial charge in [0.15, 0.2) is 0 Å². The summed E-state index contributed by atoms with van der Waals surface area (Å²) in [7, 11) is 0. The van der Waals surface area contributed by atoms with E-state index in [0.29, 0.717) is 12.1 Å². The van der Waals surface area contributed by atoms with E-state index < -0.39 is 5.97 Å². The average molecular weight is 284 g/mol. The van der Waals surface area contributed by atoms with Crippen molar-refractivity contribution in [3.8, 4) is 0 Å². The molecule has 1 atom stereocenters. The fraction of sp³-hybridized carbons (Fsp3) is 0.294. The Morgan fingerprint density at radius 2 is 2.14 bits per heavy atom. The molecule has 0 aliphatic heterocycles. The van der Waals surface area contributed by atoms with Crippen molar-refractivity contribution in [3.63, 3.8) is 0 Å². The molecule has 0 amide bonds. The molecule has 0 saturated heterocycles. The summed E-state index contributed by atoms with van der Waals surface area (Å²) >= 11 is 0. The molecular weight excluding hydrogens is 264 g/mol. The van der Waals surface area contributed by atoms with Crippen molar-refractivity contribution in [2.45, 2.75) is 26.4 Å². The van der Waals surface area contributed by atoms with Crippen LogP contribution < -0.4 is 0 Å². The summed E-state index contributed by atoms with van der Waals surface area (Å²) in [6.45, 7) is 5.84. The third kappa shape index (κ3) is 3.89. The molecule has 2 aromatic rings. The number of nitrogens with zero attached hydrogens (tertiary/aromatic N) is 2. The van der Waals surface area contributed by atoms with Gasteiger partial charge in [0, 0.05) is 25.0 Å². The second-order valence-electron chi connectivity index (χ2n) is 5.03. The minimum Gasteiger partial charge on any atom is -0.478 e. The van der Waals surface area contributed by atoms with Crippen LogP contribution in [0.1, 0.15) is 41.4 Å². The van der Waals surface area contributed by atoms with Gasteiger partial charge in [-0.05, 0) is 42.8 Å². The summed E-state index contributed by atoms with van der Waals surface area (Å²) in [4.78, 5) is 17.5. The smallest absolute Gasteiger partial charge is 0.335 e. The van der Waals surface area contributed by atoms with E-state index >= 15 is 0 Å². The second-order valence-corrected chi connectivity index (χ2v) is 5.03. The SMILES string of the molecule is CCN(Cc1cccc(C(=O)O)c1)C(C)c1cccnc1. The summed E-state index contributed by atoms with van der Waals surface area (Å²) in [5, 5.41) is 9.07.